The van der Waals surface area contributed by atoms with Crippen molar-refractivity contribution in [3.05, 3.63) is 12.2 Å². The SMILES string of the molecule is CCN(CC)CC=CCN(CC)CC.NC(N)=O. The van der Waals surface area contributed by atoms with Crippen LogP contribution in [0.2, 0.25) is 0 Å². The number of urea groups is 1. The molecule has 2 amide bonds. The first-order valence-electron chi connectivity index (χ1n) is 6.66. The van der Waals surface area contributed by atoms with Crippen molar-refractivity contribution in [2.75, 3.05) is 39.3 Å². The average Bonchev–Trinajstić information content (AvgIpc) is 2.33. The number of amides is 2. The van der Waals surface area contributed by atoms with Crippen molar-refractivity contribution in [1.82, 2.24) is 9.80 Å². The second-order valence-electron chi connectivity index (χ2n) is 3.85. The molecule has 0 fully saturated rings. The molecule has 108 valence electrons. The molecule has 0 aliphatic rings. The highest BCUT2D eigenvalue weighted by atomic mass is 16.2. The standard InChI is InChI=1S/C12H26N2.CH4N2O/c1-5-13(6-2)11-9-10-12-14(7-3)8-4;2-1(3)4/h9-10H,5-8,11-12H2,1-4H3;(H4,2,3,4). The number of nitrogens with two attached hydrogens (primary N) is 2. The van der Waals surface area contributed by atoms with Crippen molar-refractivity contribution in [2.24, 2.45) is 11.5 Å². The summed E-state index contributed by atoms with van der Waals surface area (Å²) in [5.41, 5.74) is 8.50. The summed E-state index contributed by atoms with van der Waals surface area (Å²) in [7, 11) is 0. The number of nitrogens with zero attached hydrogens (tertiary/aromatic N) is 2. The van der Waals surface area contributed by atoms with Crippen molar-refractivity contribution < 1.29 is 4.79 Å². The Morgan fingerprint density at radius 1 is 0.833 bits per heavy atom. The van der Waals surface area contributed by atoms with E-state index in [0.717, 1.165) is 39.3 Å². The zero-order valence-corrected chi connectivity index (χ0v) is 12.4. The van der Waals surface area contributed by atoms with E-state index in [1.165, 1.54) is 0 Å². The summed E-state index contributed by atoms with van der Waals surface area (Å²) in [6.07, 6.45) is 4.57. The van der Waals surface area contributed by atoms with E-state index in [-0.39, 0.29) is 0 Å². The molecule has 5 heteroatoms. The maximum absolute atomic E-state index is 9.00. The summed E-state index contributed by atoms with van der Waals surface area (Å²) in [5, 5.41) is 0. The number of carbonyl (C=O) groups is 1. The lowest BCUT2D eigenvalue weighted by atomic mass is 10.4. The van der Waals surface area contributed by atoms with Crippen LogP contribution < -0.4 is 11.5 Å². The highest BCUT2D eigenvalue weighted by Gasteiger charge is 1.95. The van der Waals surface area contributed by atoms with Crippen LogP contribution >= 0.6 is 0 Å². The number of carbonyl (C=O) groups excluding carboxylic acids is 1. The van der Waals surface area contributed by atoms with E-state index in [9.17, 15) is 0 Å². The molecule has 0 aromatic carbocycles. The first-order chi connectivity index (χ1) is 8.51. The van der Waals surface area contributed by atoms with Crippen LogP contribution in [0.1, 0.15) is 27.7 Å². The highest BCUT2D eigenvalue weighted by molar-refractivity contribution is 5.69. The Morgan fingerprint density at radius 3 is 1.22 bits per heavy atom. The molecule has 4 N–H and O–H groups in total. The Labute approximate surface area is 112 Å². The van der Waals surface area contributed by atoms with Gasteiger partial charge in [-0.15, -0.1) is 0 Å². The van der Waals surface area contributed by atoms with E-state index in [0.29, 0.717) is 0 Å². The third kappa shape index (κ3) is 14.9. The highest BCUT2D eigenvalue weighted by Crippen LogP contribution is 1.90. The molecule has 0 spiro atoms. The number of rotatable bonds is 8. The van der Waals surface area contributed by atoms with Crippen LogP contribution in [-0.2, 0) is 0 Å². The fourth-order valence-electron chi connectivity index (χ4n) is 1.41. The van der Waals surface area contributed by atoms with Crippen LogP contribution in [0, 0.1) is 0 Å². The number of hydrogen-bond acceptors (Lipinski definition) is 3. The van der Waals surface area contributed by atoms with Gasteiger partial charge >= 0.3 is 6.03 Å². The molecule has 0 unspecified atom stereocenters. The minimum absolute atomic E-state index is 0.833. The van der Waals surface area contributed by atoms with E-state index < -0.39 is 6.03 Å². The van der Waals surface area contributed by atoms with Crippen molar-refractivity contribution in [3.63, 3.8) is 0 Å². The zero-order valence-electron chi connectivity index (χ0n) is 12.4. The molecule has 0 saturated heterocycles. The molecule has 18 heavy (non-hydrogen) atoms. The largest absolute Gasteiger partial charge is 0.352 e. The topological polar surface area (TPSA) is 75.6 Å². The van der Waals surface area contributed by atoms with Crippen molar-refractivity contribution in [3.8, 4) is 0 Å². The van der Waals surface area contributed by atoms with Gasteiger partial charge in [-0.05, 0) is 26.2 Å². The maximum Gasteiger partial charge on any atom is 0.309 e. The van der Waals surface area contributed by atoms with Crippen molar-refractivity contribution in [1.29, 1.82) is 0 Å². The average molecular weight is 258 g/mol. The molecule has 0 aromatic heterocycles. The normalized spacial score (nSPS) is 10.8. The second kappa shape index (κ2) is 14.0. The van der Waals surface area contributed by atoms with Gasteiger partial charge in [-0.3, -0.25) is 0 Å². The fraction of sp³-hybridized carbons (Fsp3) is 0.769. The third-order valence-electron chi connectivity index (χ3n) is 2.68. The van der Waals surface area contributed by atoms with Gasteiger partial charge in [-0.25, -0.2) is 4.79 Å². The monoisotopic (exact) mass is 258 g/mol. The summed E-state index contributed by atoms with van der Waals surface area (Å²) in [4.78, 5) is 13.8. The molecule has 0 saturated carbocycles. The predicted octanol–water partition coefficient (Wildman–Crippen LogP) is 1.25. The van der Waals surface area contributed by atoms with Gasteiger partial charge in [-0.1, -0.05) is 39.8 Å². The first-order valence-corrected chi connectivity index (χ1v) is 6.66. The van der Waals surface area contributed by atoms with Gasteiger partial charge in [0.1, 0.15) is 0 Å². The molecule has 0 aliphatic carbocycles. The van der Waals surface area contributed by atoms with Gasteiger partial charge in [0.2, 0.25) is 0 Å². The van der Waals surface area contributed by atoms with E-state index in [1.807, 2.05) is 0 Å². The van der Waals surface area contributed by atoms with Crippen LogP contribution in [0.25, 0.3) is 0 Å². The van der Waals surface area contributed by atoms with Crippen LogP contribution in [0.5, 0.6) is 0 Å². The number of likely N-dealkylation sites (N-methyl/N-ethyl adjacent to an activating group) is 2. The van der Waals surface area contributed by atoms with E-state index in [1.54, 1.807) is 0 Å². The summed E-state index contributed by atoms with van der Waals surface area (Å²) in [6, 6.07) is -0.833. The molecule has 0 radical (unpaired) electrons. The first kappa shape index (κ1) is 19.3. The van der Waals surface area contributed by atoms with Crippen LogP contribution in [-0.4, -0.2) is 55.1 Å². The number of hydrogen-bond donors (Lipinski definition) is 2. The lowest BCUT2D eigenvalue weighted by molar-refractivity contribution is 0.256. The molecule has 0 atom stereocenters. The fourth-order valence-corrected chi connectivity index (χ4v) is 1.41. The van der Waals surface area contributed by atoms with E-state index >= 15 is 0 Å². The smallest absolute Gasteiger partial charge is 0.309 e. The van der Waals surface area contributed by atoms with Gasteiger partial charge in [0.15, 0.2) is 0 Å². The minimum atomic E-state index is -0.833. The summed E-state index contributed by atoms with van der Waals surface area (Å²) < 4.78 is 0. The van der Waals surface area contributed by atoms with Crippen molar-refractivity contribution in [2.45, 2.75) is 27.7 Å². The third-order valence-corrected chi connectivity index (χ3v) is 2.68. The molecule has 0 aromatic rings. The Kier molecular flexibility index (Phi) is 15.0. The molecular formula is C13H30N4O. The molecule has 0 heterocycles. The summed E-state index contributed by atoms with van der Waals surface area (Å²) in [5.74, 6) is 0. The van der Waals surface area contributed by atoms with Crippen molar-refractivity contribution >= 4 is 6.03 Å². The van der Waals surface area contributed by atoms with Crippen LogP contribution in [0.4, 0.5) is 4.79 Å². The lowest BCUT2D eigenvalue weighted by Gasteiger charge is -2.17. The molecule has 0 bridgehead atoms. The molecular weight excluding hydrogens is 228 g/mol. The number of primary amides is 2. The Bertz CT molecular complexity index is 191. The quantitative estimate of drug-likeness (QED) is 0.643. The van der Waals surface area contributed by atoms with Crippen LogP contribution in [0.15, 0.2) is 12.2 Å². The van der Waals surface area contributed by atoms with Crippen LogP contribution in [0.3, 0.4) is 0 Å². The Morgan fingerprint density at radius 2 is 1.06 bits per heavy atom. The predicted molar refractivity (Wildman–Crippen MR) is 78.5 cm³/mol. The Balaban J connectivity index is 0. The van der Waals surface area contributed by atoms with Gasteiger partial charge in [-0.2, -0.15) is 0 Å². The minimum Gasteiger partial charge on any atom is -0.352 e. The van der Waals surface area contributed by atoms with Gasteiger partial charge in [0.05, 0.1) is 0 Å². The molecule has 5 nitrogen and oxygen atoms in total. The Hall–Kier alpha value is -1.07. The second-order valence-corrected chi connectivity index (χ2v) is 3.85. The van der Waals surface area contributed by atoms with Gasteiger partial charge in [0.25, 0.3) is 0 Å². The van der Waals surface area contributed by atoms with E-state index in [4.69, 9.17) is 4.79 Å². The van der Waals surface area contributed by atoms with Gasteiger partial charge in [0, 0.05) is 13.1 Å². The molecule has 0 aliphatic heterocycles. The summed E-state index contributed by atoms with van der Waals surface area (Å²) in [6.45, 7) is 15.6. The molecule has 0 rings (SSSR count). The maximum atomic E-state index is 9.00. The summed E-state index contributed by atoms with van der Waals surface area (Å²) >= 11 is 0. The van der Waals surface area contributed by atoms with Gasteiger partial charge < -0.3 is 21.3 Å². The zero-order chi connectivity index (χ0) is 14.4. The lowest BCUT2D eigenvalue weighted by Crippen LogP contribution is -2.24. The van der Waals surface area contributed by atoms with E-state index in [2.05, 4.69) is 61.1 Å².